The topological polar surface area (TPSA) is 94.1 Å². The van der Waals surface area contributed by atoms with Crippen LogP contribution in [-0.4, -0.2) is 69.5 Å². The Morgan fingerprint density at radius 3 is 1.67 bits per heavy atom. The first-order chi connectivity index (χ1) is 17.1. The van der Waals surface area contributed by atoms with E-state index in [1.807, 2.05) is 21.1 Å². The molecule has 0 aromatic carbocycles. The Morgan fingerprint density at radius 1 is 0.806 bits per heavy atom. The number of hydrogen-bond donors (Lipinski definition) is 2. The normalized spacial score (nSPS) is 14.4. The number of phosphoric acid groups is 1. The van der Waals surface area contributed by atoms with Crippen molar-refractivity contribution < 1.29 is 32.5 Å². The zero-order chi connectivity index (χ0) is 27.1. The van der Waals surface area contributed by atoms with Crippen molar-refractivity contribution in [2.45, 2.75) is 122 Å². The molecule has 2 N–H and O–H groups in total. The number of carbonyl (C=O) groups is 1. The fraction of sp³-hybridized carbons (Fsp3) is 0.963. The van der Waals surface area contributed by atoms with Gasteiger partial charge >= 0.3 is 13.9 Å². The quantitative estimate of drug-likeness (QED) is 0.0726. The summed E-state index contributed by atoms with van der Waals surface area (Å²) in [7, 11) is 3.21. The van der Waals surface area contributed by atoms with E-state index >= 15 is 0 Å². The average Bonchev–Trinajstić information content (AvgIpc) is 2.81. The van der Waals surface area contributed by atoms with E-state index in [-0.39, 0.29) is 13.2 Å². The van der Waals surface area contributed by atoms with E-state index in [1.54, 1.807) is 0 Å². The first-order valence-corrected chi connectivity index (χ1v) is 15.9. The van der Waals surface area contributed by atoms with E-state index in [0.717, 1.165) is 19.3 Å². The highest BCUT2D eigenvalue weighted by Gasteiger charge is 2.25. The Morgan fingerprint density at radius 2 is 1.25 bits per heavy atom. The number of amides is 1. The van der Waals surface area contributed by atoms with Gasteiger partial charge in [0.1, 0.15) is 19.3 Å². The van der Waals surface area contributed by atoms with E-state index in [1.165, 1.54) is 90.5 Å². The Balaban J connectivity index is 3.88. The van der Waals surface area contributed by atoms with Gasteiger partial charge in [-0.1, -0.05) is 103 Å². The molecule has 0 aromatic heterocycles. The van der Waals surface area contributed by atoms with Gasteiger partial charge in [0.05, 0.1) is 27.7 Å². The molecule has 2 unspecified atom stereocenters. The van der Waals surface area contributed by atoms with Gasteiger partial charge < -0.3 is 19.4 Å². The van der Waals surface area contributed by atoms with Gasteiger partial charge in [-0.2, -0.15) is 0 Å². The lowest BCUT2D eigenvalue weighted by Crippen LogP contribution is -2.37. The van der Waals surface area contributed by atoms with E-state index in [2.05, 4.69) is 12.2 Å². The zero-order valence-electron chi connectivity index (χ0n) is 24.1. The van der Waals surface area contributed by atoms with Crippen LogP contribution in [0.3, 0.4) is 0 Å². The van der Waals surface area contributed by atoms with Crippen molar-refractivity contribution in [2.24, 2.45) is 0 Å². The molecule has 9 heteroatoms. The smallest absolute Gasteiger partial charge is 0.444 e. The van der Waals surface area contributed by atoms with Crippen LogP contribution in [0.5, 0.6) is 0 Å². The third-order valence-corrected chi connectivity index (χ3v) is 7.28. The molecule has 0 aliphatic carbocycles. The third-order valence-electron chi connectivity index (χ3n) is 6.30. The number of rotatable bonds is 25. The second-order valence-corrected chi connectivity index (χ2v) is 12.4. The molecule has 0 aliphatic rings. The molecule has 0 radical (unpaired) electrons. The van der Waals surface area contributed by atoms with Crippen LogP contribution in [0.25, 0.3) is 0 Å². The maximum Gasteiger partial charge on any atom is 0.472 e. The molecule has 0 fully saturated rings. The van der Waals surface area contributed by atoms with E-state index in [4.69, 9.17) is 13.8 Å². The van der Waals surface area contributed by atoms with Crippen LogP contribution in [0.1, 0.15) is 116 Å². The number of nitrogens with one attached hydrogen (secondary N) is 1. The van der Waals surface area contributed by atoms with Crippen LogP contribution in [0.15, 0.2) is 0 Å². The number of unbranched alkanes of at least 4 members (excludes halogenated alkanes) is 15. The molecule has 0 rings (SSSR count). The molecule has 0 saturated heterocycles. The van der Waals surface area contributed by atoms with E-state index in [0.29, 0.717) is 17.4 Å². The SMILES string of the molecule is CCCCCCCCCCCCCCCCCCC(COP(=O)(O)OCC[N+](C)(C)C)OC(=O)NC. The number of nitrogens with zero attached hydrogens (tertiary/aromatic N) is 1. The Bertz CT molecular complexity index is 571. The maximum atomic E-state index is 12.1. The van der Waals surface area contributed by atoms with Gasteiger partial charge in [-0.3, -0.25) is 9.05 Å². The van der Waals surface area contributed by atoms with Gasteiger partial charge in [-0.15, -0.1) is 0 Å². The molecule has 0 aromatic rings. The van der Waals surface area contributed by atoms with Gasteiger partial charge in [0.25, 0.3) is 0 Å². The highest BCUT2D eigenvalue weighted by atomic mass is 31.2. The standard InChI is InChI=1S/C27H57N2O6P/c1-6-7-8-9-10-11-12-13-14-15-16-17-18-19-20-21-22-26(35-27(30)28-2)25-34-36(31,32)33-24-23-29(3,4)5/h26H,6-25H2,1-5H3,(H-,28,30,31,32)/p+1. The molecular formula is C27H58N2O6P+. The molecule has 216 valence electrons. The molecule has 0 heterocycles. The summed E-state index contributed by atoms with van der Waals surface area (Å²) in [5.41, 5.74) is 0. The first-order valence-electron chi connectivity index (χ1n) is 14.4. The molecule has 36 heavy (non-hydrogen) atoms. The molecule has 8 nitrogen and oxygen atoms in total. The van der Waals surface area contributed by atoms with Crippen LogP contribution >= 0.6 is 7.82 Å². The second-order valence-electron chi connectivity index (χ2n) is 11.0. The summed E-state index contributed by atoms with van der Waals surface area (Å²) in [4.78, 5) is 21.6. The summed E-state index contributed by atoms with van der Waals surface area (Å²) in [5, 5.41) is 2.42. The van der Waals surface area contributed by atoms with Crippen LogP contribution < -0.4 is 5.32 Å². The minimum absolute atomic E-state index is 0.109. The maximum absolute atomic E-state index is 12.1. The summed E-state index contributed by atoms with van der Waals surface area (Å²) < 4.78 is 28.2. The molecule has 0 spiro atoms. The predicted octanol–water partition coefficient (Wildman–Crippen LogP) is 7.20. The number of likely N-dealkylation sites (N-methyl/N-ethyl adjacent to an activating group) is 1. The van der Waals surface area contributed by atoms with Gasteiger partial charge in [-0.05, 0) is 12.8 Å². The summed E-state index contributed by atoms with van der Waals surface area (Å²) in [6.45, 7) is 2.79. The van der Waals surface area contributed by atoms with Gasteiger partial charge in [0.15, 0.2) is 0 Å². The minimum Gasteiger partial charge on any atom is -0.444 e. The molecule has 0 saturated carbocycles. The van der Waals surface area contributed by atoms with Crippen molar-refractivity contribution in [3.8, 4) is 0 Å². The minimum atomic E-state index is -4.18. The lowest BCUT2D eigenvalue weighted by atomic mass is 10.0. The van der Waals surface area contributed by atoms with Crippen LogP contribution in [-0.2, 0) is 18.3 Å². The lowest BCUT2D eigenvalue weighted by Gasteiger charge is -2.24. The fourth-order valence-corrected chi connectivity index (χ4v) is 4.69. The molecule has 1 amide bonds. The lowest BCUT2D eigenvalue weighted by molar-refractivity contribution is -0.870. The van der Waals surface area contributed by atoms with Crippen molar-refractivity contribution in [3.63, 3.8) is 0 Å². The zero-order valence-corrected chi connectivity index (χ0v) is 25.0. The number of alkyl carbamates (subject to hydrolysis) is 1. The summed E-state index contributed by atoms with van der Waals surface area (Å²) >= 11 is 0. The fourth-order valence-electron chi connectivity index (χ4n) is 3.95. The Kier molecular flexibility index (Phi) is 21.9. The van der Waals surface area contributed by atoms with Crippen LogP contribution in [0.2, 0.25) is 0 Å². The largest absolute Gasteiger partial charge is 0.472 e. The van der Waals surface area contributed by atoms with Crippen molar-refractivity contribution >= 4 is 13.9 Å². The molecule has 2 atom stereocenters. The summed E-state index contributed by atoms with van der Waals surface area (Å²) in [6.07, 6.45) is 20.1. The number of carbonyl (C=O) groups excluding carboxylic acids is 1. The third kappa shape index (κ3) is 25.0. The number of phosphoric ester groups is 1. The van der Waals surface area contributed by atoms with E-state index in [9.17, 15) is 14.3 Å². The van der Waals surface area contributed by atoms with Crippen molar-refractivity contribution in [1.82, 2.24) is 5.32 Å². The van der Waals surface area contributed by atoms with Gasteiger partial charge in [0, 0.05) is 7.05 Å². The van der Waals surface area contributed by atoms with Crippen LogP contribution in [0, 0.1) is 0 Å². The van der Waals surface area contributed by atoms with E-state index < -0.39 is 20.0 Å². The second kappa shape index (κ2) is 22.3. The average molecular weight is 538 g/mol. The van der Waals surface area contributed by atoms with Crippen molar-refractivity contribution in [2.75, 3.05) is 47.9 Å². The Labute approximate surface area is 222 Å². The van der Waals surface area contributed by atoms with Crippen molar-refractivity contribution in [1.29, 1.82) is 0 Å². The summed E-state index contributed by atoms with van der Waals surface area (Å²) in [6, 6.07) is 0. The predicted molar refractivity (Wildman–Crippen MR) is 148 cm³/mol. The van der Waals surface area contributed by atoms with Gasteiger partial charge in [0.2, 0.25) is 0 Å². The highest BCUT2D eigenvalue weighted by Crippen LogP contribution is 2.43. The molecule has 0 aliphatic heterocycles. The molecular weight excluding hydrogens is 479 g/mol. The number of quaternary nitrogens is 1. The van der Waals surface area contributed by atoms with Crippen LogP contribution in [0.4, 0.5) is 4.79 Å². The number of ether oxygens (including phenoxy) is 1. The highest BCUT2D eigenvalue weighted by molar-refractivity contribution is 7.47. The molecule has 0 bridgehead atoms. The van der Waals surface area contributed by atoms with Crippen molar-refractivity contribution in [3.05, 3.63) is 0 Å². The number of hydrogen-bond acceptors (Lipinski definition) is 5. The summed E-state index contributed by atoms with van der Waals surface area (Å²) in [5.74, 6) is 0. The Hall–Kier alpha value is -0.660. The van der Waals surface area contributed by atoms with Gasteiger partial charge in [-0.25, -0.2) is 9.36 Å². The first kappa shape index (κ1) is 35.3. The monoisotopic (exact) mass is 537 g/mol.